The molecule has 2 heteroatoms. The van der Waals surface area contributed by atoms with Crippen LogP contribution >= 0.6 is 0 Å². The molecule has 2 saturated carbocycles. The SMILES string of the molecule is CC1CCCC(NC2CCC(N)C2)CC1. The van der Waals surface area contributed by atoms with Crippen molar-refractivity contribution in [1.82, 2.24) is 5.32 Å². The van der Waals surface area contributed by atoms with E-state index in [1.807, 2.05) is 0 Å². The summed E-state index contributed by atoms with van der Waals surface area (Å²) in [5.41, 5.74) is 5.94. The number of rotatable bonds is 2. The molecule has 2 aliphatic carbocycles. The van der Waals surface area contributed by atoms with Gasteiger partial charge < -0.3 is 11.1 Å². The molecule has 0 aromatic heterocycles. The molecule has 0 aromatic rings. The van der Waals surface area contributed by atoms with Crippen LogP contribution in [0.3, 0.4) is 0 Å². The molecule has 4 unspecified atom stereocenters. The molecule has 3 N–H and O–H groups in total. The minimum absolute atomic E-state index is 0.465. The van der Waals surface area contributed by atoms with Crippen molar-refractivity contribution in [2.45, 2.75) is 76.4 Å². The summed E-state index contributed by atoms with van der Waals surface area (Å²) in [5, 5.41) is 3.83. The molecule has 2 aliphatic rings. The zero-order valence-electron chi connectivity index (χ0n) is 10.0. The highest BCUT2D eigenvalue weighted by atomic mass is 15.0. The van der Waals surface area contributed by atoms with Gasteiger partial charge in [0.2, 0.25) is 0 Å². The summed E-state index contributed by atoms with van der Waals surface area (Å²) in [6.45, 7) is 2.40. The van der Waals surface area contributed by atoms with Gasteiger partial charge in [-0.25, -0.2) is 0 Å². The summed E-state index contributed by atoms with van der Waals surface area (Å²) in [7, 11) is 0. The highest BCUT2D eigenvalue weighted by Crippen LogP contribution is 2.25. The first-order valence-electron chi connectivity index (χ1n) is 6.75. The molecule has 88 valence electrons. The average molecular weight is 210 g/mol. The lowest BCUT2D eigenvalue weighted by molar-refractivity contribution is 0.389. The molecule has 0 bridgehead atoms. The van der Waals surface area contributed by atoms with E-state index in [4.69, 9.17) is 5.73 Å². The molecule has 0 heterocycles. The Labute approximate surface area is 94.0 Å². The van der Waals surface area contributed by atoms with Crippen LogP contribution in [0.5, 0.6) is 0 Å². The minimum atomic E-state index is 0.465. The number of hydrogen-bond donors (Lipinski definition) is 2. The van der Waals surface area contributed by atoms with Gasteiger partial charge in [-0.05, 0) is 44.4 Å². The monoisotopic (exact) mass is 210 g/mol. The second-order valence-electron chi connectivity index (χ2n) is 5.75. The van der Waals surface area contributed by atoms with Crippen LogP contribution in [0.1, 0.15) is 58.3 Å². The van der Waals surface area contributed by atoms with Crippen LogP contribution in [-0.4, -0.2) is 18.1 Å². The molecule has 2 nitrogen and oxygen atoms in total. The van der Waals surface area contributed by atoms with E-state index in [-0.39, 0.29) is 0 Å². The molecular formula is C13H26N2. The molecule has 0 aliphatic heterocycles. The van der Waals surface area contributed by atoms with E-state index >= 15 is 0 Å². The van der Waals surface area contributed by atoms with Crippen LogP contribution in [0, 0.1) is 5.92 Å². The van der Waals surface area contributed by atoms with Gasteiger partial charge in [0.05, 0.1) is 0 Å². The Morgan fingerprint density at radius 3 is 2.47 bits per heavy atom. The summed E-state index contributed by atoms with van der Waals surface area (Å²) < 4.78 is 0. The lowest BCUT2D eigenvalue weighted by Gasteiger charge is -2.21. The molecule has 0 spiro atoms. The lowest BCUT2D eigenvalue weighted by Crippen LogP contribution is -2.37. The van der Waals surface area contributed by atoms with Crippen LogP contribution in [0.25, 0.3) is 0 Å². The highest BCUT2D eigenvalue weighted by Gasteiger charge is 2.24. The van der Waals surface area contributed by atoms with E-state index in [0.29, 0.717) is 6.04 Å². The fraction of sp³-hybridized carbons (Fsp3) is 1.00. The Hall–Kier alpha value is -0.0800. The predicted octanol–water partition coefficient (Wildman–Crippen LogP) is 2.42. The third-order valence-electron chi connectivity index (χ3n) is 4.20. The first-order chi connectivity index (χ1) is 7.24. The zero-order valence-corrected chi connectivity index (χ0v) is 10.0. The molecule has 2 fully saturated rings. The summed E-state index contributed by atoms with van der Waals surface area (Å²) in [6.07, 6.45) is 10.7. The van der Waals surface area contributed by atoms with Crippen LogP contribution in [-0.2, 0) is 0 Å². The number of nitrogens with two attached hydrogens (primary N) is 1. The first-order valence-corrected chi connectivity index (χ1v) is 6.75. The standard InChI is InChI=1S/C13H26N2/c1-10-3-2-4-12(7-5-10)15-13-8-6-11(14)9-13/h10-13,15H,2-9,14H2,1H3. The Bertz CT molecular complexity index is 193. The van der Waals surface area contributed by atoms with E-state index in [1.165, 1.54) is 51.4 Å². The quantitative estimate of drug-likeness (QED) is 0.687. The third kappa shape index (κ3) is 3.46. The van der Waals surface area contributed by atoms with E-state index < -0.39 is 0 Å². The largest absolute Gasteiger partial charge is 0.328 e. The number of hydrogen-bond acceptors (Lipinski definition) is 2. The van der Waals surface area contributed by atoms with Crippen molar-refractivity contribution >= 4 is 0 Å². The lowest BCUT2D eigenvalue weighted by atomic mass is 10.0. The van der Waals surface area contributed by atoms with Crippen LogP contribution in [0.15, 0.2) is 0 Å². The fourth-order valence-electron chi connectivity index (χ4n) is 3.15. The van der Waals surface area contributed by atoms with Gasteiger partial charge in [0.25, 0.3) is 0 Å². The molecule has 2 rings (SSSR count). The molecule has 0 radical (unpaired) electrons. The van der Waals surface area contributed by atoms with E-state index in [2.05, 4.69) is 12.2 Å². The summed E-state index contributed by atoms with van der Waals surface area (Å²) in [5.74, 6) is 0.947. The van der Waals surface area contributed by atoms with Gasteiger partial charge in [-0.2, -0.15) is 0 Å². The Balaban J connectivity index is 1.74. The molecular weight excluding hydrogens is 184 g/mol. The van der Waals surface area contributed by atoms with Crippen molar-refractivity contribution in [3.05, 3.63) is 0 Å². The predicted molar refractivity (Wildman–Crippen MR) is 64.8 cm³/mol. The Morgan fingerprint density at radius 1 is 0.933 bits per heavy atom. The zero-order chi connectivity index (χ0) is 10.7. The topological polar surface area (TPSA) is 38.0 Å². The second kappa shape index (κ2) is 5.31. The van der Waals surface area contributed by atoms with Gasteiger partial charge in [0.15, 0.2) is 0 Å². The van der Waals surface area contributed by atoms with Crippen molar-refractivity contribution in [3.8, 4) is 0 Å². The van der Waals surface area contributed by atoms with E-state index in [1.54, 1.807) is 0 Å². The number of nitrogens with one attached hydrogen (secondary N) is 1. The van der Waals surface area contributed by atoms with Crippen molar-refractivity contribution in [1.29, 1.82) is 0 Å². The van der Waals surface area contributed by atoms with Gasteiger partial charge in [0.1, 0.15) is 0 Å². The maximum absolute atomic E-state index is 5.94. The minimum Gasteiger partial charge on any atom is -0.328 e. The van der Waals surface area contributed by atoms with Crippen molar-refractivity contribution in [2.24, 2.45) is 11.7 Å². The van der Waals surface area contributed by atoms with E-state index in [0.717, 1.165) is 18.0 Å². The van der Waals surface area contributed by atoms with Crippen LogP contribution in [0.4, 0.5) is 0 Å². The smallest absolute Gasteiger partial charge is 0.00849 e. The Kier molecular flexibility index (Phi) is 4.04. The normalized spacial score (nSPS) is 42.8. The first kappa shape index (κ1) is 11.4. The molecule has 4 atom stereocenters. The van der Waals surface area contributed by atoms with Gasteiger partial charge in [-0.3, -0.25) is 0 Å². The maximum atomic E-state index is 5.94. The van der Waals surface area contributed by atoms with E-state index in [9.17, 15) is 0 Å². The summed E-state index contributed by atoms with van der Waals surface area (Å²) in [4.78, 5) is 0. The fourth-order valence-corrected chi connectivity index (χ4v) is 3.15. The van der Waals surface area contributed by atoms with Gasteiger partial charge >= 0.3 is 0 Å². The highest BCUT2D eigenvalue weighted by molar-refractivity contribution is 4.86. The van der Waals surface area contributed by atoms with Crippen LogP contribution < -0.4 is 11.1 Å². The van der Waals surface area contributed by atoms with Gasteiger partial charge in [-0.1, -0.05) is 19.8 Å². The van der Waals surface area contributed by atoms with Crippen molar-refractivity contribution in [2.75, 3.05) is 0 Å². The summed E-state index contributed by atoms with van der Waals surface area (Å²) in [6, 6.07) is 1.97. The van der Waals surface area contributed by atoms with Gasteiger partial charge in [0, 0.05) is 18.1 Å². The molecule has 15 heavy (non-hydrogen) atoms. The third-order valence-corrected chi connectivity index (χ3v) is 4.20. The van der Waals surface area contributed by atoms with Gasteiger partial charge in [-0.15, -0.1) is 0 Å². The van der Waals surface area contributed by atoms with Crippen molar-refractivity contribution < 1.29 is 0 Å². The van der Waals surface area contributed by atoms with Crippen molar-refractivity contribution in [3.63, 3.8) is 0 Å². The second-order valence-corrected chi connectivity index (χ2v) is 5.75. The molecule has 0 aromatic carbocycles. The molecule has 0 saturated heterocycles. The Morgan fingerprint density at radius 2 is 1.73 bits per heavy atom. The average Bonchev–Trinajstić information content (AvgIpc) is 2.48. The molecule has 0 amide bonds. The van der Waals surface area contributed by atoms with Crippen LogP contribution in [0.2, 0.25) is 0 Å². The maximum Gasteiger partial charge on any atom is 0.00849 e. The summed E-state index contributed by atoms with van der Waals surface area (Å²) >= 11 is 0.